The minimum Gasteiger partial charge on any atom is -0.393 e. The molecule has 18 heavy (non-hydrogen) atoms. The van der Waals surface area contributed by atoms with E-state index in [-0.39, 0.29) is 12.0 Å². The van der Waals surface area contributed by atoms with Crippen molar-refractivity contribution < 1.29 is 9.90 Å². The topological polar surface area (TPSA) is 62.2 Å². The fourth-order valence-electron chi connectivity index (χ4n) is 1.37. The number of carbonyl (C=O) groups excluding carboxylic acids is 1. The fraction of sp³-hybridized carbons (Fsp3) is 0.538. The lowest BCUT2D eigenvalue weighted by Crippen LogP contribution is -2.28. The molecule has 0 saturated carbocycles. The molecule has 2 N–H and O–H groups in total. The van der Waals surface area contributed by atoms with Crippen molar-refractivity contribution in [1.82, 2.24) is 10.3 Å². The molecule has 1 unspecified atom stereocenters. The lowest BCUT2D eigenvalue weighted by Gasteiger charge is -2.08. The summed E-state index contributed by atoms with van der Waals surface area (Å²) in [5, 5.41) is 12.1. The largest absolute Gasteiger partial charge is 0.393 e. The number of aliphatic hydroxyl groups is 1. The monoisotopic (exact) mass is 268 g/mol. The Morgan fingerprint density at radius 2 is 2.39 bits per heavy atom. The molecule has 0 aromatic carbocycles. The summed E-state index contributed by atoms with van der Waals surface area (Å²) >= 11 is 1.54. The molecule has 1 atom stereocenters. The van der Waals surface area contributed by atoms with Crippen molar-refractivity contribution in [2.75, 3.05) is 12.3 Å². The van der Waals surface area contributed by atoms with Gasteiger partial charge in [-0.15, -0.1) is 11.8 Å². The molecule has 0 aliphatic carbocycles. The first-order valence-corrected chi connectivity index (χ1v) is 7.30. The van der Waals surface area contributed by atoms with Crippen LogP contribution < -0.4 is 5.32 Å². The second-order valence-corrected chi connectivity index (χ2v) is 5.00. The van der Waals surface area contributed by atoms with E-state index in [9.17, 15) is 9.90 Å². The third-order valence-electron chi connectivity index (χ3n) is 2.48. The normalized spacial score (nSPS) is 12.1. The van der Waals surface area contributed by atoms with Crippen molar-refractivity contribution in [2.24, 2.45) is 0 Å². The van der Waals surface area contributed by atoms with E-state index in [1.54, 1.807) is 18.0 Å². The van der Waals surface area contributed by atoms with E-state index >= 15 is 0 Å². The Hall–Kier alpha value is -1.07. The summed E-state index contributed by atoms with van der Waals surface area (Å²) in [7, 11) is 0. The predicted octanol–water partition coefficient (Wildman–Crippen LogP) is 1.59. The highest BCUT2D eigenvalue weighted by Crippen LogP contribution is 2.08. The van der Waals surface area contributed by atoms with Crippen LogP contribution in [0.4, 0.5) is 0 Å². The summed E-state index contributed by atoms with van der Waals surface area (Å²) in [5.41, 5.74) is 0.983. The minimum absolute atomic E-state index is 0.0132. The van der Waals surface area contributed by atoms with Crippen LogP contribution in [-0.2, 0) is 10.5 Å². The molecular weight excluding hydrogens is 248 g/mol. The van der Waals surface area contributed by atoms with Gasteiger partial charge in [-0.05, 0) is 25.0 Å². The van der Waals surface area contributed by atoms with Gasteiger partial charge in [-0.3, -0.25) is 9.78 Å². The van der Waals surface area contributed by atoms with Gasteiger partial charge in [0.15, 0.2) is 0 Å². The highest BCUT2D eigenvalue weighted by atomic mass is 32.2. The average Bonchev–Trinajstić information content (AvgIpc) is 2.39. The highest BCUT2D eigenvalue weighted by Gasteiger charge is 2.04. The second-order valence-electron chi connectivity index (χ2n) is 4.01. The SMILES string of the molecule is CCC(O)CCNC(=O)CSCc1ccccn1. The summed E-state index contributed by atoms with van der Waals surface area (Å²) in [5.74, 6) is 1.18. The number of carbonyl (C=O) groups is 1. The zero-order valence-corrected chi connectivity index (χ0v) is 11.4. The van der Waals surface area contributed by atoms with Crippen LogP contribution >= 0.6 is 11.8 Å². The van der Waals surface area contributed by atoms with E-state index in [1.807, 2.05) is 25.1 Å². The number of rotatable bonds is 8. The molecule has 0 spiro atoms. The van der Waals surface area contributed by atoms with Gasteiger partial charge in [0, 0.05) is 18.5 Å². The van der Waals surface area contributed by atoms with Crippen molar-refractivity contribution in [2.45, 2.75) is 31.6 Å². The molecular formula is C13H20N2O2S. The van der Waals surface area contributed by atoms with Crippen LogP contribution in [0.1, 0.15) is 25.5 Å². The molecule has 4 nitrogen and oxygen atoms in total. The first-order chi connectivity index (χ1) is 8.72. The molecule has 1 aromatic heterocycles. The number of nitrogens with one attached hydrogen (secondary N) is 1. The Balaban J connectivity index is 2.07. The van der Waals surface area contributed by atoms with E-state index < -0.39 is 0 Å². The zero-order valence-electron chi connectivity index (χ0n) is 10.6. The van der Waals surface area contributed by atoms with Gasteiger partial charge in [-0.2, -0.15) is 0 Å². The third-order valence-corrected chi connectivity index (χ3v) is 3.45. The van der Waals surface area contributed by atoms with Crippen LogP contribution in [-0.4, -0.2) is 34.4 Å². The van der Waals surface area contributed by atoms with Gasteiger partial charge >= 0.3 is 0 Å². The molecule has 100 valence electrons. The van der Waals surface area contributed by atoms with Crippen molar-refractivity contribution >= 4 is 17.7 Å². The van der Waals surface area contributed by atoms with Gasteiger partial charge in [0.1, 0.15) is 0 Å². The smallest absolute Gasteiger partial charge is 0.230 e. The first kappa shape index (κ1) is 15.0. The molecule has 1 rings (SSSR count). The number of amides is 1. The Bertz CT molecular complexity index is 346. The molecule has 0 radical (unpaired) electrons. The Kier molecular flexibility index (Phi) is 7.44. The van der Waals surface area contributed by atoms with Gasteiger partial charge in [-0.25, -0.2) is 0 Å². The van der Waals surface area contributed by atoms with Crippen LogP contribution in [0.5, 0.6) is 0 Å². The minimum atomic E-state index is -0.313. The van der Waals surface area contributed by atoms with Crippen LogP contribution in [0.15, 0.2) is 24.4 Å². The molecule has 0 saturated heterocycles. The number of aliphatic hydroxyl groups excluding tert-OH is 1. The molecule has 0 aliphatic heterocycles. The Morgan fingerprint density at radius 1 is 1.56 bits per heavy atom. The van der Waals surface area contributed by atoms with Crippen molar-refractivity contribution in [3.05, 3.63) is 30.1 Å². The number of nitrogens with zero attached hydrogens (tertiary/aromatic N) is 1. The highest BCUT2D eigenvalue weighted by molar-refractivity contribution is 7.99. The van der Waals surface area contributed by atoms with E-state index in [2.05, 4.69) is 10.3 Å². The first-order valence-electron chi connectivity index (χ1n) is 6.14. The van der Waals surface area contributed by atoms with Crippen molar-refractivity contribution in [1.29, 1.82) is 0 Å². The number of aromatic nitrogens is 1. The van der Waals surface area contributed by atoms with Gasteiger partial charge in [-0.1, -0.05) is 13.0 Å². The number of hydrogen-bond acceptors (Lipinski definition) is 4. The van der Waals surface area contributed by atoms with Crippen LogP contribution in [0, 0.1) is 0 Å². The quantitative estimate of drug-likeness (QED) is 0.751. The van der Waals surface area contributed by atoms with Crippen LogP contribution in [0.3, 0.4) is 0 Å². The maximum atomic E-state index is 11.5. The van der Waals surface area contributed by atoms with Crippen molar-refractivity contribution in [3.8, 4) is 0 Å². The molecule has 1 aromatic rings. The molecule has 1 amide bonds. The molecule has 0 aliphatic rings. The van der Waals surface area contributed by atoms with Crippen molar-refractivity contribution in [3.63, 3.8) is 0 Å². The third kappa shape index (κ3) is 6.61. The van der Waals surface area contributed by atoms with E-state index in [1.165, 1.54) is 0 Å². The molecule has 5 heteroatoms. The average molecular weight is 268 g/mol. The standard InChI is InChI=1S/C13H20N2O2S/c1-2-12(16)6-8-15-13(17)10-18-9-11-5-3-4-7-14-11/h3-5,7,12,16H,2,6,8-10H2,1H3,(H,15,17). The van der Waals surface area contributed by atoms with E-state index in [0.29, 0.717) is 18.7 Å². The summed E-state index contributed by atoms with van der Waals surface area (Å²) in [6.07, 6.45) is 2.78. The van der Waals surface area contributed by atoms with Gasteiger partial charge in [0.05, 0.1) is 17.6 Å². The fourth-order valence-corrected chi connectivity index (χ4v) is 2.13. The second kappa shape index (κ2) is 8.94. The maximum absolute atomic E-state index is 11.5. The lowest BCUT2D eigenvalue weighted by molar-refractivity contribution is -0.118. The van der Waals surface area contributed by atoms with Crippen LogP contribution in [0.2, 0.25) is 0 Å². The molecule has 0 bridgehead atoms. The number of hydrogen-bond donors (Lipinski definition) is 2. The van der Waals surface area contributed by atoms with Gasteiger partial charge in [0.2, 0.25) is 5.91 Å². The lowest BCUT2D eigenvalue weighted by atomic mass is 10.2. The van der Waals surface area contributed by atoms with E-state index in [4.69, 9.17) is 0 Å². The molecule has 0 fully saturated rings. The number of thioether (sulfide) groups is 1. The predicted molar refractivity (Wildman–Crippen MR) is 74.3 cm³/mol. The summed E-state index contributed by atoms with van der Waals surface area (Å²) in [6, 6.07) is 5.76. The van der Waals surface area contributed by atoms with Gasteiger partial charge in [0.25, 0.3) is 0 Å². The maximum Gasteiger partial charge on any atom is 0.230 e. The summed E-state index contributed by atoms with van der Waals surface area (Å²) < 4.78 is 0. The summed E-state index contributed by atoms with van der Waals surface area (Å²) in [6.45, 7) is 2.47. The van der Waals surface area contributed by atoms with Crippen LogP contribution in [0.25, 0.3) is 0 Å². The zero-order chi connectivity index (χ0) is 13.2. The number of pyridine rings is 1. The Morgan fingerprint density at radius 3 is 3.06 bits per heavy atom. The van der Waals surface area contributed by atoms with E-state index in [0.717, 1.165) is 17.9 Å². The summed E-state index contributed by atoms with van der Waals surface area (Å²) in [4.78, 5) is 15.7. The van der Waals surface area contributed by atoms with Gasteiger partial charge < -0.3 is 10.4 Å². The molecule has 1 heterocycles. The Labute approximate surface area is 112 Å².